The third-order valence-electron chi connectivity index (χ3n) is 4.36. The summed E-state index contributed by atoms with van der Waals surface area (Å²) < 4.78 is 5.89. The molecule has 0 atom stereocenters. The molecule has 0 aromatic carbocycles. The Hall–Kier alpha value is -0.0182. The van der Waals surface area contributed by atoms with E-state index >= 15 is 0 Å². The molecule has 0 saturated carbocycles. The molecular formula is C14H27BOSi. The third-order valence-corrected chi connectivity index (χ3v) is 5.39. The topological polar surface area (TPSA) is 9.23 Å². The summed E-state index contributed by atoms with van der Waals surface area (Å²) in [4.78, 5) is 0. The molecule has 0 amide bonds. The molecule has 2 fully saturated rings. The molecule has 17 heavy (non-hydrogen) atoms. The van der Waals surface area contributed by atoms with E-state index in [1.54, 1.807) is 0 Å². The van der Waals surface area contributed by atoms with Gasteiger partial charge in [0.2, 0.25) is 0 Å². The molecule has 2 bridgehead atoms. The summed E-state index contributed by atoms with van der Waals surface area (Å²) >= 11 is 0. The quantitative estimate of drug-likeness (QED) is 0.666. The lowest BCUT2D eigenvalue weighted by Gasteiger charge is -2.39. The molecule has 2 heterocycles. The lowest BCUT2D eigenvalue weighted by molar-refractivity contribution is 0.357. The fourth-order valence-electron chi connectivity index (χ4n) is 3.55. The third kappa shape index (κ3) is 3.99. The molecule has 0 radical (unpaired) electrons. The highest BCUT2D eigenvalue weighted by Gasteiger charge is 2.37. The first-order valence-corrected chi connectivity index (χ1v) is 10.8. The Morgan fingerprint density at radius 1 is 1.06 bits per heavy atom. The van der Waals surface area contributed by atoms with Crippen LogP contribution in [0.2, 0.25) is 31.3 Å². The van der Waals surface area contributed by atoms with Gasteiger partial charge in [-0.2, -0.15) is 0 Å². The molecule has 0 spiro atoms. The molecule has 3 heteroatoms. The van der Waals surface area contributed by atoms with Gasteiger partial charge in [0.1, 0.15) is 0 Å². The Bertz CT molecular complexity index is 250. The fourth-order valence-corrected chi connectivity index (χ4v) is 4.15. The van der Waals surface area contributed by atoms with Crippen molar-refractivity contribution in [1.29, 1.82) is 0 Å². The summed E-state index contributed by atoms with van der Waals surface area (Å²) in [5.74, 6) is 4.48. The van der Waals surface area contributed by atoms with Crippen LogP contribution in [0.25, 0.3) is 0 Å². The lowest BCUT2D eigenvalue weighted by Crippen LogP contribution is -2.33. The summed E-state index contributed by atoms with van der Waals surface area (Å²) in [6.45, 7) is 8.50. The van der Waals surface area contributed by atoms with Crippen LogP contribution >= 0.6 is 0 Å². The van der Waals surface area contributed by atoms with Gasteiger partial charge < -0.3 is 4.43 Å². The van der Waals surface area contributed by atoms with Crippen LogP contribution in [0, 0.1) is 0 Å². The van der Waals surface area contributed by atoms with Crippen molar-refractivity contribution in [2.75, 3.05) is 6.61 Å². The summed E-state index contributed by atoms with van der Waals surface area (Å²) in [7, 11) is -1.32. The van der Waals surface area contributed by atoms with Crippen molar-refractivity contribution in [3.63, 3.8) is 0 Å². The first kappa shape index (κ1) is 13.4. The zero-order valence-corrected chi connectivity index (χ0v) is 12.7. The Morgan fingerprint density at radius 3 is 2.06 bits per heavy atom. The summed E-state index contributed by atoms with van der Waals surface area (Å²) in [5.41, 5.74) is 0. The van der Waals surface area contributed by atoms with Crippen LogP contribution in [0.15, 0.2) is 12.1 Å². The maximum atomic E-state index is 5.89. The number of hydrogen-bond acceptors (Lipinski definition) is 1. The molecule has 0 unspecified atom stereocenters. The minimum Gasteiger partial charge on any atom is -0.414 e. The average Bonchev–Trinajstić information content (AvgIpc) is 2.22. The highest BCUT2D eigenvalue weighted by atomic mass is 28.4. The van der Waals surface area contributed by atoms with Crippen molar-refractivity contribution in [3.05, 3.63) is 12.1 Å². The Labute approximate surface area is 108 Å². The van der Waals surface area contributed by atoms with Crippen molar-refractivity contribution in [3.8, 4) is 0 Å². The zero-order valence-electron chi connectivity index (χ0n) is 11.7. The monoisotopic (exact) mass is 250 g/mol. The van der Waals surface area contributed by atoms with Gasteiger partial charge in [-0.1, -0.05) is 56.2 Å². The minimum absolute atomic E-state index is 0.839. The second kappa shape index (κ2) is 5.75. The molecule has 2 saturated heterocycles. The summed E-state index contributed by atoms with van der Waals surface area (Å²) in [5, 5.41) is 0. The zero-order chi connectivity index (χ0) is 12.3. The van der Waals surface area contributed by atoms with Crippen LogP contribution in [-0.2, 0) is 4.43 Å². The van der Waals surface area contributed by atoms with E-state index in [0.29, 0.717) is 0 Å². The molecule has 96 valence electrons. The van der Waals surface area contributed by atoms with Crippen LogP contribution in [0.5, 0.6) is 0 Å². The second-order valence-electron chi connectivity index (χ2n) is 6.81. The Morgan fingerprint density at radius 2 is 1.59 bits per heavy atom. The van der Waals surface area contributed by atoms with Crippen molar-refractivity contribution in [2.45, 2.75) is 69.8 Å². The Balaban J connectivity index is 1.83. The first-order valence-electron chi connectivity index (χ1n) is 7.37. The second-order valence-corrected chi connectivity index (χ2v) is 11.3. The van der Waals surface area contributed by atoms with E-state index in [4.69, 9.17) is 4.43 Å². The van der Waals surface area contributed by atoms with Gasteiger partial charge in [0, 0.05) is 0 Å². The van der Waals surface area contributed by atoms with Crippen LogP contribution in [0.4, 0.5) is 0 Å². The maximum absolute atomic E-state index is 5.89. The molecular weight excluding hydrogens is 223 g/mol. The Kier molecular flexibility index (Phi) is 4.54. The van der Waals surface area contributed by atoms with E-state index in [2.05, 4.69) is 31.7 Å². The van der Waals surface area contributed by atoms with Gasteiger partial charge in [-0.05, 0) is 19.6 Å². The van der Waals surface area contributed by atoms with Crippen molar-refractivity contribution in [2.24, 2.45) is 0 Å². The van der Waals surface area contributed by atoms with Crippen molar-refractivity contribution < 1.29 is 4.43 Å². The largest absolute Gasteiger partial charge is 0.414 e. The number of rotatable bonds is 4. The molecule has 0 aliphatic carbocycles. The average molecular weight is 250 g/mol. The molecule has 0 N–H and O–H groups in total. The van der Waals surface area contributed by atoms with Gasteiger partial charge in [-0.3, -0.25) is 0 Å². The molecule has 1 nitrogen and oxygen atoms in total. The maximum Gasteiger partial charge on any atom is 0.184 e. The molecule has 0 aromatic heterocycles. The fraction of sp³-hybridized carbons (Fsp3) is 0.857. The highest BCUT2D eigenvalue weighted by molar-refractivity contribution is 6.69. The molecule has 2 aliphatic heterocycles. The van der Waals surface area contributed by atoms with E-state index in [9.17, 15) is 0 Å². The van der Waals surface area contributed by atoms with E-state index in [0.717, 1.165) is 25.0 Å². The normalized spacial score (nSPS) is 29.9. The van der Waals surface area contributed by atoms with E-state index < -0.39 is 8.32 Å². The van der Waals surface area contributed by atoms with Gasteiger partial charge >= 0.3 is 0 Å². The number of hydrogen-bond donors (Lipinski definition) is 0. The summed E-state index contributed by atoms with van der Waals surface area (Å²) in [6, 6.07) is 0. The molecule has 2 rings (SSSR count). The first-order chi connectivity index (χ1) is 8.06. The molecule has 0 aromatic rings. The number of fused-ring (bicyclic) bond motifs is 2. The highest BCUT2D eigenvalue weighted by Crippen LogP contribution is 2.46. The van der Waals surface area contributed by atoms with Gasteiger partial charge in [0.15, 0.2) is 15.0 Å². The lowest BCUT2D eigenvalue weighted by atomic mass is 9.27. The smallest absolute Gasteiger partial charge is 0.184 e. The van der Waals surface area contributed by atoms with Crippen molar-refractivity contribution in [1.82, 2.24) is 0 Å². The predicted octanol–water partition coefficient (Wildman–Crippen LogP) is 4.54. The predicted molar refractivity (Wildman–Crippen MR) is 79.4 cm³/mol. The van der Waals surface area contributed by atoms with Gasteiger partial charge in [0.25, 0.3) is 0 Å². The van der Waals surface area contributed by atoms with E-state index in [1.807, 2.05) is 0 Å². The van der Waals surface area contributed by atoms with Crippen molar-refractivity contribution >= 4 is 15.0 Å². The van der Waals surface area contributed by atoms with Crippen LogP contribution in [0.3, 0.4) is 0 Å². The molecule has 2 aliphatic rings. The minimum atomic E-state index is -1.32. The SMILES string of the molecule is C[Si](C)(C)OC/C=C/B1C2CCCC1CCC2. The summed E-state index contributed by atoms with van der Waals surface area (Å²) in [6.07, 6.45) is 11.2. The van der Waals surface area contributed by atoms with Gasteiger partial charge in [-0.15, -0.1) is 5.98 Å². The van der Waals surface area contributed by atoms with Gasteiger partial charge in [-0.25, -0.2) is 0 Å². The van der Waals surface area contributed by atoms with E-state index in [1.165, 1.54) is 38.5 Å². The van der Waals surface area contributed by atoms with Crippen LogP contribution in [0.1, 0.15) is 38.5 Å². The van der Waals surface area contributed by atoms with Crippen LogP contribution in [-0.4, -0.2) is 21.6 Å². The van der Waals surface area contributed by atoms with Crippen LogP contribution < -0.4 is 0 Å². The van der Waals surface area contributed by atoms with Gasteiger partial charge in [0.05, 0.1) is 6.61 Å². The van der Waals surface area contributed by atoms with E-state index in [-0.39, 0.29) is 0 Å². The standard InChI is InChI=1S/C14H27BOSi/c1-17(2,3)16-12-6-11-15-13-7-4-8-14(15)10-5-9-13/h6,11,13-14H,4-5,7-10,12H2,1-3H3/b11-6+.